The molecule has 0 aliphatic carbocycles. The van der Waals surface area contributed by atoms with Crippen LogP contribution < -0.4 is 14.8 Å². The zero-order valence-corrected chi connectivity index (χ0v) is 15.8. The van der Waals surface area contributed by atoms with Crippen LogP contribution in [-0.2, 0) is 16.1 Å². The summed E-state index contributed by atoms with van der Waals surface area (Å²) < 4.78 is 10.5. The van der Waals surface area contributed by atoms with Crippen LogP contribution in [0.1, 0.15) is 28.8 Å². The summed E-state index contributed by atoms with van der Waals surface area (Å²) in [5.74, 6) is -0.531. The lowest BCUT2D eigenvalue weighted by Gasteiger charge is -2.23. The Balaban J connectivity index is 1.59. The van der Waals surface area contributed by atoms with Gasteiger partial charge in [0, 0.05) is 25.1 Å². The predicted molar refractivity (Wildman–Crippen MR) is 104 cm³/mol. The summed E-state index contributed by atoms with van der Waals surface area (Å²) in [4.78, 5) is 37.4. The first kappa shape index (κ1) is 20.2. The van der Waals surface area contributed by atoms with Crippen molar-refractivity contribution in [2.24, 2.45) is 0 Å². The first-order valence-electron chi connectivity index (χ1n) is 9.24. The molecule has 0 unspecified atom stereocenters. The van der Waals surface area contributed by atoms with E-state index in [1.54, 1.807) is 23.1 Å². The van der Waals surface area contributed by atoms with Gasteiger partial charge in [0.25, 0.3) is 5.91 Å². The van der Waals surface area contributed by atoms with E-state index in [1.807, 2.05) is 30.3 Å². The Morgan fingerprint density at radius 2 is 1.79 bits per heavy atom. The summed E-state index contributed by atoms with van der Waals surface area (Å²) in [5, 5.41) is 11.5. The van der Waals surface area contributed by atoms with Crippen LogP contribution in [0.2, 0.25) is 0 Å². The van der Waals surface area contributed by atoms with Crippen molar-refractivity contribution in [1.29, 1.82) is 0 Å². The second-order valence-corrected chi connectivity index (χ2v) is 6.55. The summed E-state index contributed by atoms with van der Waals surface area (Å²) >= 11 is 0. The highest BCUT2D eigenvalue weighted by Crippen LogP contribution is 2.32. The van der Waals surface area contributed by atoms with Crippen LogP contribution in [0.15, 0.2) is 48.5 Å². The Bertz CT molecular complexity index is 884. The van der Waals surface area contributed by atoms with E-state index in [-0.39, 0.29) is 25.7 Å². The first-order valence-corrected chi connectivity index (χ1v) is 9.24. The zero-order chi connectivity index (χ0) is 20.6. The maximum absolute atomic E-state index is 12.7. The van der Waals surface area contributed by atoms with Crippen molar-refractivity contribution in [3.05, 3.63) is 59.7 Å². The SMILES string of the molecule is O=C(O)CCCN(Cc1ccccc1)C(=O)CNC(=O)c1ccc2c(c1)OCO2. The van der Waals surface area contributed by atoms with Crippen LogP contribution in [-0.4, -0.2) is 47.7 Å². The van der Waals surface area contributed by atoms with Crippen molar-refractivity contribution >= 4 is 17.8 Å². The lowest BCUT2D eigenvalue weighted by molar-refractivity contribution is -0.138. The largest absolute Gasteiger partial charge is 0.481 e. The topological polar surface area (TPSA) is 105 Å². The molecule has 0 aromatic heterocycles. The Kier molecular flexibility index (Phi) is 6.67. The van der Waals surface area contributed by atoms with Crippen LogP contribution in [0, 0.1) is 0 Å². The van der Waals surface area contributed by atoms with Gasteiger partial charge < -0.3 is 24.8 Å². The number of amides is 2. The number of nitrogens with zero attached hydrogens (tertiary/aromatic N) is 1. The molecule has 0 radical (unpaired) electrons. The van der Waals surface area contributed by atoms with Gasteiger partial charge in [0.05, 0.1) is 6.54 Å². The lowest BCUT2D eigenvalue weighted by Crippen LogP contribution is -2.40. The Morgan fingerprint density at radius 3 is 2.55 bits per heavy atom. The molecule has 1 heterocycles. The summed E-state index contributed by atoms with van der Waals surface area (Å²) in [6.45, 7) is 0.565. The normalized spacial score (nSPS) is 11.7. The van der Waals surface area contributed by atoms with Crippen LogP contribution in [0.3, 0.4) is 0 Å². The quantitative estimate of drug-likeness (QED) is 0.670. The van der Waals surface area contributed by atoms with Crippen LogP contribution >= 0.6 is 0 Å². The fourth-order valence-electron chi connectivity index (χ4n) is 2.92. The molecule has 8 nitrogen and oxygen atoms in total. The van der Waals surface area contributed by atoms with Gasteiger partial charge in [-0.15, -0.1) is 0 Å². The molecule has 2 amide bonds. The summed E-state index contributed by atoms with van der Waals surface area (Å²) in [6, 6.07) is 14.2. The molecule has 0 atom stereocenters. The number of ether oxygens (including phenoxy) is 2. The molecular formula is C21H22N2O6. The minimum absolute atomic E-state index is 0.0257. The van der Waals surface area contributed by atoms with Crippen molar-refractivity contribution in [3.8, 4) is 11.5 Å². The average Bonchev–Trinajstić information content (AvgIpc) is 3.19. The lowest BCUT2D eigenvalue weighted by atomic mass is 10.2. The van der Waals surface area contributed by atoms with E-state index >= 15 is 0 Å². The minimum Gasteiger partial charge on any atom is -0.481 e. The van der Waals surface area contributed by atoms with Crippen molar-refractivity contribution in [3.63, 3.8) is 0 Å². The third kappa shape index (κ3) is 5.71. The molecule has 152 valence electrons. The second kappa shape index (κ2) is 9.59. The van der Waals surface area contributed by atoms with E-state index in [9.17, 15) is 14.4 Å². The highest BCUT2D eigenvalue weighted by molar-refractivity contribution is 5.97. The number of carboxylic acids is 1. The van der Waals surface area contributed by atoms with Crippen molar-refractivity contribution < 1.29 is 29.0 Å². The number of carboxylic acid groups (broad SMARTS) is 1. The number of rotatable bonds is 9. The maximum atomic E-state index is 12.7. The van der Waals surface area contributed by atoms with Gasteiger partial charge >= 0.3 is 5.97 Å². The maximum Gasteiger partial charge on any atom is 0.303 e. The van der Waals surface area contributed by atoms with Gasteiger partial charge in [-0.1, -0.05) is 30.3 Å². The molecule has 1 aliphatic heterocycles. The molecular weight excluding hydrogens is 376 g/mol. The molecule has 29 heavy (non-hydrogen) atoms. The van der Waals surface area contributed by atoms with Gasteiger partial charge in [-0.25, -0.2) is 0 Å². The average molecular weight is 398 g/mol. The van der Waals surface area contributed by atoms with Crippen molar-refractivity contribution in [2.45, 2.75) is 19.4 Å². The van der Waals surface area contributed by atoms with Gasteiger partial charge in [-0.2, -0.15) is 0 Å². The smallest absolute Gasteiger partial charge is 0.303 e. The Hall–Kier alpha value is -3.55. The second-order valence-electron chi connectivity index (χ2n) is 6.55. The molecule has 3 rings (SSSR count). The van der Waals surface area contributed by atoms with E-state index in [0.29, 0.717) is 36.6 Å². The van der Waals surface area contributed by atoms with Gasteiger partial charge in [0.1, 0.15) is 0 Å². The molecule has 0 saturated carbocycles. The van der Waals surface area contributed by atoms with Crippen LogP contribution in [0.25, 0.3) is 0 Å². The summed E-state index contributed by atoms with van der Waals surface area (Å²) in [5.41, 5.74) is 1.29. The van der Waals surface area contributed by atoms with E-state index in [4.69, 9.17) is 14.6 Å². The number of carbonyl (C=O) groups excluding carboxylic acids is 2. The third-order valence-corrected chi connectivity index (χ3v) is 4.42. The zero-order valence-electron chi connectivity index (χ0n) is 15.8. The highest BCUT2D eigenvalue weighted by Gasteiger charge is 2.19. The van der Waals surface area contributed by atoms with Crippen molar-refractivity contribution in [1.82, 2.24) is 10.2 Å². The van der Waals surface area contributed by atoms with Crippen LogP contribution in [0.5, 0.6) is 11.5 Å². The molecule has 0 saturated heterocycles. The molecule has 2 N–H and O–H groups in total. The molecule has 8 heteroatoms. The molecule has 0 spiro atoms. The Labute approximate surface area is 168 Å². The van der Waals surface area contributed by atoms with E-state index in [2.05, 4.69) is 5.32 Å². The van der Waals surface area contributed by atoms with E-state index in [0.717, 1.165) is 5.56 Å². The van der Waals surface area contributed by atoms with E-state index < -0.39 is 11.9 Å². The number of nitrogens with one attached hydrogen (secondary N) is 1. The molecule has 0 fully saturated rings. The number of hydrogen-bond donors (Lipinski definition) is 2. The number of hydrogen-bond acceptors (Lipinski definition) is 5. The van der Waals surface area contributed by atoms with E-state index in [1.165, 1.54) is 0 Å². The molecule has 2 aromatic carbocycles. The highest BCUT2D eigenvalue weighted by atomic mass is 16.7. The number of carbonyl (C=O) groups is 3. The first-order chi connectivity index (χ1) is 14.0. The molecule has 2 aromatic rings. The number of aliphatic carboxylic acids is 1. The minimum atomic E-state index is -0.909. The predicted octanol–water partition coefficient (Wildman–Crippen LogP) is 2.04. The molecule has 1 aliphatic rings. The van der Waals surface area contributed by atoms with Gasteiger partial charge in [0.2, 0.25) is 12.7 Å². The monoisotopic (exact) mass is 398 g/mol. The Morgan fingerprint density at radius 1 is 1.03 bits per heavy atom. The van der Waals surface area contributed by atoms with Crippen molar-refractivity contribution in [2.75, 3.05) is 19.9 Å². The fourth-order valence-corrected chi connectivity index (χ4v) is 2.92. The third-order valence-electron chi connectivity index (χ3n) is 4.42. The summed E-state index contributed by atoms with van der Waals surface area (Å²) in [7, 11) is 0. The van der Waals surface area contributed by atoms with Gasteiger partial charge in [-0.05, 0) is 30.2 Å². The summed E-state index contributed by atoms with van der Waals surface area (Å²) in [6.07, 6.45) is 0.312. The van der Waals surface area contributed by atoms with Gasteiger partial charge in [0.15, 0.2) is 11.5 Å². The fraction of sp³-hybridized carbons (Fsp3) is 0.286. The van der Waals surface area contributed by atoms with Gasteiger partial charge in [-0.3, -0.25) is 14.4 Å². The standard InChI is InChI=1S/C21H22N2O6/c24-19(12-22-21(27)16-8-9-17-18(11-16)29-14-28-17)23(10-4-7-20(25)26)13-15-5-2-1-3-6-15/h1-3,5-6,8-9,11H,4,7,10,12-14H2,(H,22,27)(H,25,26). The van der Waals surface area contributed by atoms with Crippen LogP contribution in [0.4, 0.5) is 0 Å². The number of benzene rings is 2. The number of fused-ring (bicyclic) bond motifs is 1. The molecule has 0 bridgehead atoms.